The van der Waals surface area contributed by atoms with Crippen LogP contribution in [-0.4, -0.2) is 24.2 Å². The normalized spacial score (nSPS) is 20.1. The van der Waals surface area contributed by atoms with Crippen LogP contribution in [0.25, 0.3) is 0 Å². The largest absolute Gasteiger partial charge is 0.481 e. The molecular formula is C9H17NO2. The van der Waals surface area contributed by atoms with E-state index in [1.54, 1.807) is 0 Å². The maximum atomic E-state index is 10.4. The van der Waals surface area contributed by atoms with Gasteiger partial charge in [0.1, 0.15) is 0 Å². The van der Waals surface area contributed by atoms with E-state index < -0.39 is 5.97 Å². The molecule has 3 heteroatoms. The number of rotatable bonds is 5. The molecule has 0 spiro atoms. The van der Waals surface area contributed by atoms with Crippen LogP contribution in [0.15, 0.2) is 0 Å². The number of carboxylic acids is 1. The molecule has 1 rings (SSSR count). The molecule has 0 saturated heterocycles. The minimum absolute atomic E-state index is 0.174. The molecule has 1 fully saturated rings. The van der Waals surface area contributed by atoms with Crippen molar-refractivity contribution in [3.05, 3.63) is 0 Å². The number of carbonyl (C=O) groups is 1. The lowest BCUT2D eigenvalue weighted by atomic mass is 9.80. The van der Waals surface area contributed by atoms with Crippen LogP contribution >= 0.6 is 0 Å². The van der Waals surface area contributed by atoms with Gasteiger partial charge >= 0.3 is 5.97 Å². The highest BCUT2D eigenvalue weighted by molar-refractivity contribution is 5.67. The van der Waals surface area contributed by atoms with Gasteiger partial charge in [-0.15, -0.1) is 0 Å². The number of aliphatic carboxylic acids is 1. The summed E-state index contributed by atoms with van der Waals surface area (Å²) in [5, 5.41) is 11.6. The van der Waals surface area contributed by atoms with E-state index in [9.17, 15) is 4.79 Å². The monoisotopic (exact) mass is 171 g/mol. The van der Waals surface area contributed by atoms with Crippen molar-refractivity contribution in [1.82, 2.24) is 5.32 Å². The van der Waals surface area contributed by atoms with Gasteiger partial charge in [-0.2, -0.15) is 0 Å². The fraction of sp³-hybridized carbons (Fsp3) is 0.889. The van der Waals surface area contributed by atoms with Crippen LogP contribution in [0.1, 0.15) is 32.1 Å². The van der Waals surface area contributed by atoms with Crippen LogP contribution in [0, 0.1) is 5.92 Å². The van der Waals surface area contributed by atoms with Crippen molar-refractivity contribution >= 4 is 5.97 Å². The number of nitrogens with one attached hydrogen (secondary N) is 1. The Morgan fingerprint density at radius 2 is 2.33 bits per heavy atom. The van der Waals surface area contributed by atoms with Crippen molar-refractivity contribution in [3.63, 3.8) is 0 Å². The molecule has 0 aromatic rings. The zero-order valence-corrected chi connectivity index (χ0v) is 7.55. The third-order valence-electron chi connectivity index (χ3n) is 2.67. The third-order valence-corrected chi connectivity index (χ3v) is 2.67. The van der Waals surface area contributed by atoms with Crippen LogP contribution in [0.2, 0.25) is 0 Å². The molecule has 3 nitrogen and oxygen atoms in total. The van der Waals surface area contributed by atoms with Gasteiger partial charge in [0.25, 0.3) is 0 Å². The maximum absolute atomic E-state index is 10.4. The lowest BCUT2D eigenvalue weighted by molar-refractivity contribution is -0.137. The quantitative estimate of drug-likeness (QED) is 0.654. The van der Waals surface area contributed by atoms with Crippen LogP contribution in [0.5, 0.6) is 0 Å². The summed E-state index contributed by atoms with van der Waals surface area (Å²) in [5.41, 5.74) is 0. The second-order valence-corrected chi connectivity index (χ2v) is 3.62. The molecule has 0 bridgehead atoms. The SMILES string of the molecule is CNC(CC(=O)O)CC1CCC1. The van der Waals surface area contributed by atoms with Gasteiger partial charge in [0.2, 0.25) is 0 Å². The molecule has 1 unspecified atom stereocenters. The summed E-state index contributed by atoms with van der Waals surface area (Å²) in [7, 11) is 1.84. The summed E-state index contributed by atoms with van der Waals surface area (Å²) in [6.07, 6.45) is 5.19. The van der Waals surface area contributed by atoms with E-state index in [0.717, 1.165) is 12.3 Å². The zero-order valence-electron chi connectivity index (χ0n) is 7.55. The van der Waals surface area contributed by atoms with Gasteiger partial charge in [0, 0.05) is 6.04 Å². The highest BCUT2D eigenvalue weighted by Gasteiger charge is 2.22. The molecule has 0 amide bonds. The molecule has 12 heavy (non-hydrogen) atoms. The summed E-state index contributed by atoms with van der Waals surface area (Å²) in [5.74, 6) is 0.0791. The van der Waals surface area contributed by atoms with Gasteiger partial charge in [-0.25, -0.2) is 0 Å². The molecule has 1 aliphatic rings. The Balaban J connectivity index is 2.19. The zero-order chi connectivity index (χ0) is 8.97. The first-order valence-corrected chi connectivity index (χ1v) is 4.61. The van der Waals surface area contributed by atoms with Gasteiger partial charge < -0.3 is 10.4 Å². The van der Waals surface area contributed by atoms with Crippen LogP contribution < -0.4 is 5.32 Å². The molecule has 0 heterocycles. The molecule has 1 aliphatic carbocycles. The Bertz CT molecular complexity index is 155. The second-order valence-electron chi connectivity index (χ2n) is 3.62. The summed E-state index contributed by atoms with van der Waals surface area (Å²) in [4.78, 5) is 10.4. The van der Waals surface area contributed by atoms with E-state index in [0.29, 0.717) is 0 Å². The molecule has 1 saturated carbocycles. The first kappa shape index (κ1) is 9.52. The number of hydrogen-bond acceptors (Lipinski definition) is 2. The van der Waals surface area contributed by atoms with Gasteiger partial charge in [0.05, 0.1) is 6.42 Å². The second kappa shape index (κ2) is 4.45. The van der Waals surface area contributed by atoms with Gasteiger partial charge in [-0.3, -0.25) is 4.79 Å². The Kier molecular flexibility index (Phi) is 3.53. The highest BCUT2D eigenvalue weighted by Crippen LogP contribution is 2.30. The van der Waals surface area contributed by atoms with Gasteiger partial charge in [-0.1, -0.05) is 19.3 Å². The smallest absolute Gasteiger partial charge is 0.304 e. The third kappa shape index (κ3) is 2.81. The van der Waals surface area contributed by atoms with E-state index in [-0.39, 0.29) is 12.5 Å². The summed E-state index contributed by atoms with van der Waals surface area (Å²) in [6.45, 7) is 0. The van der Waals surface area contributed by atoms with Crippen molar-refractivity contribution in [2.45, 2.75) is 38.1 Å². The fourth-order valence-corrected chi connectivity index (χ4v) is 1.64. The van der Waals surface area contributed by atoms with E-state index in [2.05, 4.69) is 5.32 Å². The molecule has 0 aromatic carbocycles. The van der Waals surface area contributed by atoms with Crippen LogP contribution in [-0.2, 0) is 4.79 Å². The predicted molar refractivity (Wildman–Crippen MR) is 47.1 cm³/mol. The van der Waals surface area contributed by atoms with Crippen molar-refractivity contribution in [3.8, 4) is 0 Å². The summed E-state index contributed by atoms with van der Waals surface area (Å²) < 4.78 is 0. The van der Waals surface area contributed by atoms with E-state index >= 15 is 0 Å². The average molecular weight is 171 g/mol. The topological polar surface area (TPSA) is 49.3 Å². The lowest BCUT2D eigenvalue weighted by Gasteiger charge is -2.28. The fourth-order valence-electron chi connectivity index (χ4n) is 1.64. The predicted octanol–water partition coefficient (Wildman–Crippen LogP) is 1.24. The average Bonchev–Trinajstić information content (AvgIpc) is 1.93. The lowest BCUT2D eigenvalue weighted by Crippen LogP contribution is -2.32. The molecule has 0 aromatic heterocycles. The Hall–Kier alpha value is -0.570. The molecule has 2 N–H and O–H groups in total. The minimum atomic E-state index is -0.700. The molecule has 1 atom stereocenters. The van der Waals surface area contributed by atoms with E-state index in [1.165, 1.54) is 19.3 Å². The van der Waals surface area contributed by atoms with E-state index in [1.807, 2.05) is 7.05 Å². The van der Waals surface area contributed by atoms with Gasteiger partial charge in [0.15, 0.2) is 0 Å². The molecular weight excluding hydrogens is 154 g/mol. The van der Waals surface area contributed by atoms with E-state index in [4.69, 9.17) is 5.11 Å². The van der Waals surface area contributed by atoms with Gasteiger partial charge in [-0.05, 0) is 19.4 Å². The first-order valence-electron chi connectivity index (χ1n) is 4.61. The standard InChI is InChI=1S/C9H17NO2/c1-10-8(6-9(11)12)5-7-3-2-4-7/h7-8,10H,2-6H2,1H3,(H,11,12). The molecule has 70 valence electrons. The molecule has 0 radical (unpaired) electrons. The van der Waals surface area contributed by atoms with Crippen LogP contribution in [0.4, 0.5) is 0 Å². The Morgan fingerprint density at radius 1 is 1.67 bits per heavy atom. The van der Waals surface area contributed by atoms with Crippen LogP contribution in [0.3, 0.4) is 0 Å². The van der Waals surface area contributed by atoms with Crippen molar-refractivity contribution in [2.24, 2.45) is 5.92 Å². The van der Waals surface area contributed by atoms with Crippen molar-refractivity contribution < 1.29 is 9.90 Å². The van der Waals surface area contributed by atoms with Crippen molar-refractivity contribution in [1.29, 1.82) is 0 Å². The highest BCUT2D eigenvalue weighted by atomic mass is 16.4. The Labute approximate surface area is 73.2 Å². The number of hydrogen-bond donors (Lipinski definition) is 2. The summed E-state index contributed by atoms with van der Waals surface area (Å²) >= 11 is 0. The summed E-state index contributed by atoms with van der Waals surface area (Å²) in [6, 6.07) is 0.174. The number of carboxylic acid groups (broad SMARTS) is 1. The first-order chi connectivity index (χ1) is 5.72. The van der Waals surface area contributed by atoms with Crippen molar-refractivity contribution in [2.75, 3.05) is 7.05 Å². The minimum Gasteiger partial charge on any atom is -0.481 e. The molecule has 0 aliphatic heterocycles. The Morgan fingerprint density at radius 3 is 2.67 bits per heavy atom. The maximum Gasteiger partial charge on any atom is 0.304 e.